The first-order chi connectivity index (χ1) is 15.6. The van der Waals surface area contributed by atoms with Gasteiger partial charge in [-0.15, -0.1) is 0 Å². The molecule has 0 aliphatic carbocycles. The molecule has 0 bridgehead atoms. The maximum atomic E-state index is 13.2. The second-order valence-electron chi connectivity index (χ2n) is 7.25. The first-order valence-electron chi connectivity index (χ1n) is 10.1. The highest BCUT2D eigenvalue weighted by Gasteiger charge is 2.27. The Hall–Kier alpha value is -3.49. The van der Waals surface area contributed by atoms with E-state index < -0.39 is 0 Å². The summed E-state index contributed by atoms with van der Waals surface area (Å²) in [6, 6.07) is 18.2. The summed E-state index contributed by atoms with van der Waals surface area (Å²) in [5.41, 5.74) is 2.54. The van der Waals surface area contributed by atoms with Crippen LogP contribution in [0, 0.1) is 0 Å². The Morgan fingerprint density at radius 1 is 1.06 bits per heavy atom. The van der Waals surface area contributed by atoms with Crippen molar-refractivity contribution in [1.29, 1.82) is 0 Å². The van der Waals surface area contributed by atoms with Gasteiger partial charge in [0.1, 0.15) is 0 Å². The lowest BCUT2D eigenvalue weighted by atomic mass is 10.1. The first kappa shape index (κ1) is 20.4. The van der Waals surface area contributed by atoms with Crippen LogP contribution in [0.15, 0.2) is 70.5 Å². The van der Waals surface area contributed by atoms with Crippen LogP contribution in [-0.4, -0.2) is 38.9 Å². The van der Waals surface area contributed by atoms with E-state index in [2.05, 4.69) is 5.32 Å². The Bertz CT molecular complexity index is 1210. The second-order valence-corrected chi connectivity index (χ2v) is 8.34. The number of nitrogens with zero attached hydrogens (tertiary/aromatic N) is 1. The Kier molecular flexibility index (Phi) is 5.46. The van der Waals surface area contributed by atoms with Gasteiger partial charge in [0.05, 0.1) is 17.9 Å². The number of amides is 2. The summed E-state index contributed by atoms with van der Waals surface area (Å²) in [6.07, 6.45) is 0. The summed E-state index contributed by atoms with van der Waals surface area (Å²) >= 11 is 1.51. The molecule has 0 atom stereocenters. The van der Waals surface area contributed by atoms with E-state index in [-0.39, 0.29) is 18.6 Å². The van der Waals surface area contributed by atoms with Gasteiger partial charge in [-0.05, 0) is 48.5 Å². The Morgan fingerprint density at radius 2 is 1.91 bits per heavy atom. The highest BCUT2D eigenvalue weighted by atomic mass is 32.2. The van der Waals surface area contributed by atoms with Crippen molar-refractivity contribution in [1.82, 2.24) is 0 Å². The van der Waals surface area contributed by atoms with Crippen LogP contribution in [0.2, 0.25) is 0 Å². The zero-order valence-corrected chi connectivity index (χ0v) is 18.1. The van der Waals surface area contributed by atoms with E-state index in [0.29, 0.717) is 41.5 Å². The molecule has 0 aromatic heterocycles. The number of rotatable bonds is 5. The van der Waals surface area contributed by atoms with Crippen LogP contribution < -0.4 is 19.7 Å². The summed E-state index contributed by atoms with van der Waals surface area (Å²) in [7, 11) is 1.61. The van der Waals surface area contributed by atoms with E-state index >= 15 is 0 Å². The molecule has 2 aliphatic heterocycles. The largest absolute Gasteiger partial charge is 0.454 e. The molecule has 1 N–H and O–H groups in total. The molecule has 0 unspecified atom stereocenters. The predicted octanol–water partition coefficient (Wildman–Crippen LogP) is 4.43. The Labute approximate surface area is 189 Å². The van der Waals surface area contributed by atoms with Gasteiger partial charge in [-0.2, -0.15) is 0 Å². The van der Waals surface area contributed by atoms with Gasteiger partial charge in [0.15, 0.2) is 11.5 Å². The van der Waals surface area contributed by atoms with Crippen LogP contribution in [0.5, 0.6) is 11.5 Å². The van der Waals surface area contributed by atoms with Crippen LogP contribution >= 0.6 is 11.8 Å². The SMILES string of the molecule is COCCN1C(=O)c2ccccc2Sc2cc(NC(=O)c3ccc4c(c3)OCO4)ccc21. The normalized spacial score (nSPS) is 13.9. The highest BCUT2D eigenvalue weighted by Crippen LogP contribution is 2.42. The average molecular weight is 449 g/mol. The number of ether oxygens (including phenoxy) is 3. The molecule has 2 heterocycles. The second kappa shape index (κ2) is 8.57. The van der Waals surface area contributed by atoms with Gasteiger partial charge < -0.3 is 24.4 Å². The average Bonchev–Trinajstić information content (AvgIpc) is 3.24. The summed E-state index contributed by atoms with van der Waals surface area (Å²) < 4.78 is 15.9. The minimum absolute atomic E-state index is 0.0685. The number of hydrogen-bond donors (Lipinski definition) is 1. The molecule has 32 heavy (non-hydrogen) atoms. The third-order valence-corrected chi connectivity index (χ3v) is 6.37. The van der Waals surface area contributed by atoms with E-state index in [4.69, 9.17) is 14.2 Å². The van der Waals surface area contributed by atoms with Gasteiger partial charge in [-0.3, -0.25) is 9.59 Å². The summed E-state index contributed by atoms with van der Waals surface area (Å²) in [4.78, 5) is 29.5. The van der Waals surface area contributed by atoms with Gasteiger partial charge in [0.25, 0.3) is 11.8 Å². The topological polar surface area (TPSA) is 77.1 Å². The molecule has 5 rings (SSSR count). The zero-order valence-electron chi connectivity index (χ0n) is 17.3. The number of methoxy groups -OCH3 is 1. The fourth-order valence-corrected chi connectivity index (χ4v) is 4.77. The minimum Gasteiger partial charge on any atom is -0.454 e. The molecule has 0 spiro atoms. The highest BCUT2D eigenvalue weighted by molar-refractivity contribution is 7.99. The van der Waals surface area contributed by atoms with Crippen LogP contribution in [0.4, 0.5) is 11.4 Å². The van der Waals surface area contributed by atoms with Gasteiger partial charge in [-0.1, -0.05) is 23.9 Å². The molecular weight excluding hydrogens is 428 g/mol. The number of hydrogen-bond acceptors (Lipinski definition) is 6. The summed E-state index contributed by atoms with van der Waals surface area (Å²) in [5, 5.41) is 2.94. The quantitative estimate of drug-likeness (QED) is 0.623. The molecule has 7 nitrogen and oxygen atoms in total. The van der Waals surface area contributed by atoms with E-state index in [0.717, 1.165) is 15.5 Å². The van der Waals surface area contributed by atoms with Crippen molar-refractivity contribution in [3.8, 4) is 11.5 Å². The maximum Gasteiger partial charge on any atom is 0.259 e. The van der Waals surface area contributed by atoms with Crippen molar-refractivity contribution in [2.75, 3.05) is 37.3 Å². The molecule has 0 saturated carbocycles. The molecule has 0 saturated heterocycles. The van der Waals surface area contributed by atoms with E-state index in [9.17, 15) is 9.59 Å². The van der Waals surface area contributed by atoms with Gasteiger partial charge in [0.2, 0.25) is 6.79 Å². The molecule has 0 fully saturated rings. The third kappa shape index (κ3) is 3.79. The van der Waals surface area contributed by atoms with Crippen molar-refractivity contribution in [2.45, 2.75) is 9.79 Å². The van der Waals surface area contributed by atoms with Gasteiger partial charge >= 0.3 is 0 Å². The lowest BCUT2D eigenvalue weighted by molar-refractivity contribution is 0.0972. The van der Waals surface area contributed by atoms with Crippen LogP contribution in [0.3, 0.4) is 0 Å². The van der Waals surface area contributed by atoms with Crippen LogP contribution in [0.25, 0.3) is 0 Å². The predicted molar refractivity (Wildman–Crippen MR) is 121 cm³/mol. The number of carbonyl (C=O) groups excluding carboxylic acids is 2. The molecule has 162 valence electrons. The molecule has 8 heteroatoms. The Morgan fingerprint density at radius 3 is 2.78 bits per heavy atom. The molecule has 2 aliphatic rings. The maximum absolute atomic E-state index is 13.2. The molecule has 3 aromatic carbocycles. The number of anilines is 2. The molecular formula is C24H20N2O5S. The first-order valence-corrected chi connectivity index (χ1v) is 10.9. The van der Waals surface area contributed by atoms with Crippen molar-refractivity contribution < 1.29 is 23.8 Å². The van der Waals surface area contributed by atoms with Crippen LogP contribution in [-0.2, 0) is 4.74 Å². The molecule has 0 radical (unpaired) electrons. The summed E-state index contributed by atoms with van der Waals surface area (Å²) in [5.74, 6) is 0.858. The Balaban J connectivity index is 1.46. The van der Waals surface area contributed by atoms with E-state index in [1.54, 1.807) is 36.3 Å². The van der Waals surface area contributed by atoms with E-state index in [1.807, 2.05) is 36.4 Å². The lowest BCUT2D eigenvalue weighted by Crippen LogP contribution is -2.33. The van der Waals surface area contributed by atoms with Gasteiger partial charge in [0, 0.05) is 34.7 Å². The van der Waals surface area contributed by atoms with Crippen molar-refractivity contribution in [3.63, 3.8) is 0 Å². The minimum atomic E-state index is -0.255. The zero-order chi connectivity index (χ0) is 22.1. The van der Waals surface area contributed by atoms with Crippen molar-refractivity contribution in [3.05, 3.63) is 71.8 Å². The van der Waals surface area contributed by atoms with Crippen LogP contribution in [0.1, 0.15) is 20.7 Å². The fraction of sp³-hybridized carbons (Fsp3) is 0.167. The lowest BCUT2D eigenvalue weighted by Gasteiger charge is -2.23. The number of benzene rings is 3. The molecule has 3 aromatic rings. The monoisotopic (exact) mass is 448 g/mol. The molecule has 2 amide bonds. The number of fused-ring (bicyclic) bond motifs is 3. The number of nitrogens with one attached hydrogen (secondary N) is 1. The summed E-state index contributed by atoms with van der Waals surface area (Å²) in [6.45, 7) is 1.00. The standard InChI is InChI=1S/C24H20N2O5S/c1-29-11-10-26-18-8-7-16(13-22(18)32-21-5-3-2-4-17(21)24(26)28)25-23(27)15-6-9-19-20(12-15)31-14-30-19/h2-9,12-13H,10-11,14H2,1H3,(H,25,27). The number of carbonyl (C=O) groups is 2. The fourth-order valence-electron chi connectivity index (χ4n) is 3.65. The third-order valence-electron chi connectivity index (χ3n) is 5.24. The van der Waals surface area contributed by atoms with E-state index in [1.165, 1.54) is 11.8 Å². The smallest absolute Gasteiger partial charge is 0.259 e. The van der Waals surface area contributed by atoms with Crippen molar-refractivity contribution >= 4 is 35.0 Å². The van der Waals surface area contributed by atoms with Crippen molar-refractivity contribution in [2.24, 2.45) is 0 Å². The van der Waals surface area contributed by atoms with Gasteiger partial charge in [-0.25, -0.2) is 0 Å².